The number of nitrogens with zero attached hydrogens (tertiary/aromatic N) is 3. The molecule has 0 fully saturated rings. The summed E-state index contributed by atoms with van der Waals surface area (Å²) in [6.45, 7) is 6.33. The van der Waals surface area contributed by atoms with E-state index >= 15 is 0 Å². The molecular weight excluding hydrogens is 354 g/mol. The van der Waals surface area contributed by atoms with Gasteiger partial charge in [0.1, 0.15) is 5.03 Å². The van der Waals surface area contributed by atoms with Crippen LogP contribution in [0.15, 0.2) is 45.2 Å². The van der Waals surface area contributed by atoms with Crippen molar-refractivity contribution in [1.29, 1.82) is 0 Å². The van der Waals surface area contributed by atoms with Crippen LogP contribution in [0.4, 0.5) is 0 Å². The molecular formula is C18H23N3O4S. The van der Waals surface area contributed by atoms with E-state index in [4.69, 9.17) is 9.15 Å². The number of thioether (sulfide) groups is 1. The first-order valence-corrected chi connectivity index (χ1v) is 9.57. The van der Waals surface area contributed by atoms with Crippen LogP contribution in [0.3, 0.4) is 0 Å². The van der Waals surface area contributed by atoms with Gasteiger partial charge in [0.2, 0.25) is 0 Å². The van der Waals surface area contributed by atoms with E-state index < -0.39 is 5.76 Å². The Labute approximate surface area is 156 Å². The first-order valence-electron chi connectivity index (χ1n) is 8.58. The molecule has 7 nitrogen and oxygen atoms in total. The molecule has 0 aliphatic carbocycles. The number of carbonyl (C=O) groups is 1. The number of hydrogen-bond acceptors (Lipinski definition) is 7. The zero-order valence-corrected chi connectivity index (χ0v) is 15.7. The number of unbranched alkanes of at least 4 members (excludes halogenated alkanes) is 2. The molecule has 0 amide bonds. The lowest BCUT2D eigenvalue weighted by Gasteiger charge is -2.03. The molecule has 0 aliphatic rings. The maximum absolute atomic E-state index is 12.0. The zero-order valence-electron chi connectivity index (χ0n) is 14.8. The first kappa shape index (κ1) is 20.0. The molecule has 0 unspecified atom stereocenters. The Morgan fingerprint density at radius 3 is 3.04 bits per heavy atom. The third-order valence-electron chi connectivity index (χ3n) is 3.50. The number of rotatable bonds is 11. The van der Waals surface area contributed by atoms with Gasteiger partial charge < -0.3 is 9.15 Å². The van der Waals surface area contributed by atoms with E-state index in [0.717, 1.165) is 24.3 Å². The van der Waals surface area contributed by atoms with Crippen molar-refractivity contribution in [3.8, 4) is 11.5 Å². The summed E-state index contributed by atoms with van der Waals surface area (Å²) in [6.07, 6.45) is 6.13. The molecule has 0 aromatic carbocycles. The second-order valence-corrected chi connectivity index (χ2v) is 6.48. The minimum atomic E-state index is -0.492. The average molecular weight is 377 g/mol. The third kappa shape index (κ3) is 5.87. The molecule has 0 saturated heterocycles. The van der Waals surface area contributed by atoms with Gasteiger partial charge in [0.25, 0.3) is 5.89 Å². The van der Waals surface area contributed by atoms with E-state index in [1.807, 2.05) is 6.07 Å². The molecule has 0 bridgehead atoms. The highest BCUT2D eigenvalue weighted by molar-refractivity contribution is 7.99. The Bertz CT molecular complexity index is 785. The van der Waals surface area contributed by atoms with Crippen molar-refractivity contribution in [3.05, 3.63) is 41.5 Å². The Morgan fingerprint density at radius 1 is 1.42 bits per heavy atom. The van der Waals surface area contributed by atoms with Crippen molar-refractivity contribution in [2.45, 2.75) is 44.2 Å². The minimum absolute atomic E-state index is 0.186. The smallest absolute Gasteiger partial charge is 0.437 e. The Kier molecular flexibility index (Phi) is 8.14. The molecule has 140 valence electrons. The summed E-state index contributed by atoms with van der Waals surface area (Å²) in [5.41, 5.74) is 0.692. The quantitative estimate of drug-likeness (QED) is 0.257. The van der Waals surface area contributed by atoms with Gasteiger partial charge in [-0.1, -0.05) is 12.5 Å². The van der Waals surface area contributed by atoms with Crippen LogP contribution in [-0.4, -0.2) is 33.1 Å². The fraction of sp³-hybridized carbons (Fsp3) is 0.444. The number of hydrogen-bond donors (Lipinski definition) is 0. The highest BCUT2D eigenvalue weighted by atomic mass is 32.2. The van der Waals surface area contributed by atoms with Crippen molar-refractivity contribution in [2.75, 3.05) is 12.4 Å². The van der Waals surface area contributed by atoms with Gasteiger partial charge in [-0.25, -0.2) is 9.78 Å². The number of aryl methyl sites for hydroxylation is 1. The van der Waals surface area contributed by atoms with Crippen molar-refractivity contribution < 1.29 is 13.9 Å². The van der Waals surface area contributed by atoms with Gasteiger partial charge in [0.15, 0.2) is 0 Å². The van der Waals surface area contributed by atoms with Crippen LogP contribution in [0.1, 0.15) is 32.6 Å². The summed E-state index contributed by atoms with van der Waals surface area (Å²) in [7, 11) is 0. The van der Waals surface area contributed by atoms with E-state index in [0.29, 0.717) is 30.9 Å². The highest BCUT2D eigenvalue weighted by Crippen LogP contribution is 2.27. The lowest BCUT2D eigenvalue weighted by molar-refractivity contribution is -0.143. The Hall–Kier alpha value is -2.35. The zero-order chi connectivity index (χ0) is 18.8. The van der Waals surface area contributed by atoms with Gasteiger partial charge in [0, 0.05) is 24.9 Å². The van der Waals surface area contributed by atoms with Gasteiger partial charge in [0.05, 0.1) is 12.2 Å². The highest BCUT2D eigenvalue weighted by Gasteiger charge is 2.14. The number of esters is 1. The monoisotopic (exact) mass is 377 g/mol. The maximum atomic E-state index is 12.0. The van der Waals surface area contributed by atoms with Crippen molar-refractivity contribution >= 4 is 17.7 Å². The van der Waals surface area contributed by atoms with Gasteiger partial charge in [-0.15, -0.1) is 23.4 Å². The largest absolute Gasteiger partial charge is 0.466 e. The number of carbonyl (C=O) groups excluding carboxylic acids is 1. The molecule has 0 atom stereocenters. The lowest BCUT2D eigenvalue weighted by atomic mass is 10.2. The van der Waals surface area contributed by atoms with Gasteiger partial charge in [-0.2, -0.15) is 4.68 Å². The molecule has 2 rings (SSSR count). The molecule has 2 aromatic heterocycles. The molecule has 26 heavy (non-hydrogen) atoms. The predicted octanol–water partition coefficient (Wildman–Crippen LogP) is 3.30. The fourth-order valence-electron chi connectivity index (χ4n) is 2.30. The number of ether oxygens (including phenoxy) is 1. The fourth-order valence-corrected chi connectivity index (χ4v) is 3.03. The molecule has 2 heterocycles. The summed E-state index contributed by atoms with van der Waals surface area (Å²) in [5, 5.41) is 5.02. The third-order valence-corrected chi connectivity index (χ3v) is 4.50. The van der Waals surface area contributed by atoms with Crippen molar-refractivity contribution in [3.63, 3.8) is 0 Å². The average Bonchev–Trinajstić information content (AvgIpc) is 3.01. The van der Waals surface area contributed by atoms with Crippen LogP contribution in [0.5, 0.6) is 0 Å². The van der Waals surface area contributed by atoms with Gasteiger partial charge in [-0.3, -0.25) is 4.79 Å². The summed E-state index contributed by atoms with van der Waals surface area (Å²) < 4.78 is 11.5. The second-order valence-electron chi connectivity index (χ2n) is 5.47. The summed E-state index contributed by atoms with van der Waals surface area (Å²) >= 11 is 1.50. The van der Waals surface area contributed by atoms with Crippen LogP contribution in [0.2, 0.25) is 0 Å². The molecule has 0 spiro atoms. The molecule has 0 N–H and O–H groups in total. The summed E-state index contributed by atoms with van der Waals surface area (Å²) in [6, 6.07) is 3.61. The molecule has 0 radical (unpaired) electrons. The topological polar surface area (TPSA) is 87.2 Å². The molecule has 2 aromatic rings. The van der Waals surface area contributed by atoms with Crippen LogP contribution in [0, 0.1) is 0 Å². The number of aromatic nitrogens is 3. The summed E-state index contributed by atoms with van der Waals surface area (Å²) in [5.74, 6) is 0.291. The summed E-state index contributed by atoms with van der Waals surface area (Å²) in [4.78, 5) is 27.6. The lowest BCUT2D eigenvalue weighted by Crippen LogP contribution is -2.15. The van der Waals surface area contributed by atoms with Gasteiger partial charge >= 0.3 is 11.7 Å². The van der Waals surface area contributed by atoms with Crippen LogP contribution < -0.4 is 5.76 Å². The van der Waals surface area contributed by atoms with Crippen LogP contribution in [0.25, 0.3) is 11.5 Å². The minimum Gasteiger partial charge on any atom is -0.466 e. The van der Waals surface area contributed by atoms with E-state index in [2.05, 4.69) is 16.7 Å². The maximum Gasteiger partial charge on any atom is 0.437 e. The molecule has 8 heteroatoms. The Balaban J connectivity index is 1.94. The van der Waals surface area contributed by atoms with Gasteiger partial charge in [-0.05, 0) is 31.9 Å². The first-order chi connectivity index (χ1) is 12.7. The van der Waals surface area contributed by atoms with Crippen LogP contribution in [-0.2, 0) is 16.1 Å². The van der Waals surface area contributed by atoms with Crippen LogP contribution >= 0.6 is 11.8 Å². The van der Waals surface area contributed by atoms with E-state index in [1.54, 1.807) is 25.3 Å². The normalized spacial score (nSPS) is 10.7. The Morgan fingerprint density at radius 2 is 2.27 bits per heavy atom. The predicted molar refractivity (Wildman–Crippen MR) is 100 cm³/mol. The standard InChI is InChI=1S/C18H23N3O4S/c1-3-13-26-17-14(9-8-11-19-17)16-20-21(18(23)25-16)12-7-5-6-10-15(22)24-4-2/h3,8-9,11H,1,4-7,10,12-13H2,2H3. The molecule has 0 aliphatic heterocycles. The second kappa shape index (κ2) is 10.6. The number of pyridine rings is 1. The van der Waals surface area contributed by atoms with Crippen molar-refractivity contribution in [1.82, 2.24) is 14.8 Å². The van der Waals surface area contributed by atoms with E-state index in [1.165, 1.54) is 16.4 Å². The van der Waals surface area contributed by atoms with Crippen molar-refractivity contribution in [2.24, 2.45) is 0 Å². The molecule has 0 saturated carbocycles. The van der Waals surface area contributed by atoms with E-state index in [9.17, 15) is 9.59 Å². The SMILES string of the molecule is C=CCSc1ncccc1-c1nn(CCCCCC(=O)OCC)c(=O)o1. The van der Waals surface area contributed by atoms with E-state index in [-0.39, 0.29) is 11.9 Å².